The molecule has 0 aliphatic heterocycles. The van der Waals surface area contributed by atoms with E-state index in [-0.39, 0.29) is 11.3 Å². The molecular weight excluding hydrogens is 272 g/mol. The summed E-state index contributed by atoms with van der Waals surface area (Å²) in [6.45, 7) is 6.54. The van der Waals surface area contributed by atoms with Gasteiger partial charge in [-0.05, 0) is 22.1 Å². The minimum Gasteiger partial charge on any atom is -0.273 e. The van der Waals surface area contributed by atoms with E-state index in [1.165, 1.54) is 5.56 Å². The SMILES string of the molecule is CC(C)(C)c1ccc(/C=N\NC(=O)Cc2ccccc2)cc1. The van der Waals surface area contributed by atoms with Gasteiger partial charge in [0.25, 0.3) is 0 Å². The third-order valence-corrected chi connectivity index (χ3v) is 3.39. The van der Waals surface area contributed by atoms with Crippen LogP contribution in [0.4, 0.5) is 0 Å². The van der Waals surface area contributed by atoms with Gasteiger partial charge in [-0.25, -0.2) is 5.43 Å². The van der Waals surface area contributed by atoms with Gasteiger partial charge >= 0.3 is 0 Å². The van der Waals surface area contributed by atoms with Gasteiger partial charge < -0.3 is 0 Å². The molecule has 0 spiro atoms. The zero-order valence-electron chi connectivity index (χ0n) is 13.3. The van der Waals surface area contributed by atoms with E-state index >= 15 is 0 Å². The number of hydrazone groups is 1. The Kier molecular flexibility index (Phi) is 5.10. The highest BCUT2D eigenvalue weighted by molar-refractivity contribution is 5.83. The zero-order valence-corrected chi connectivity index (χ0v) is 13.3. The van der Waals surface area contributed by atoms with Crippen molar-refractivity contribution in [1.82, 2.24) is 5.43 Å². The van der Waals surface area contributed by atoms with Gasteiger partial charge in [-0.2, -0.15) is 5.10 Å². The summed E-state index contributed by atoms with van der Waals surface area (Å²) >= 11 is 0. The maximum atomic E-state index is 11.8. The highest BCUT2D eigenvalue weighted by Gasteiger charge is 2.12. The number of nitrogens with zero attached hydrogens (tertiary/aromatic N) is 1. The normalized spacial score (nSPS) is 11.6. The van der Waals surface area contributed by atoms with Crippen LogP contribution in [0.2, 0.25) is 0 Å². The Balaban J connectivity index is 1.88. The van der Waals surface area contributed by atoms with Crippen molar-refractivity contribution in [3.63, 3.8) is 0 Å². The van der Waals surface area contributed by atoms with Crippen LogP contribution in [0.15, 0.2) is 59.7 Å². The monoisotopic (exact) mass is 294 g/mol. The highest BCUT2D eigenvalue weighted by atomic mass is 16.2. The topological polar surface area (TPSA) is 41.5 Å². The van der Waals surface area contributed by atoms with E-state index in [2.05, 4.69) is 43.4 Å². The first-order chi connectivity index (χ1) is 10.4. The van der Waals surface area contributed by atoms with Gasteiger partial charge in [0.15, 0.2) is 0 Å². The smallest absolute Gasteiger partial charge is 0.244 e. The highest BCUT2D eigenvalue weighted by Crippen LogP contribution is 2.21. The summed E-state index contributed by atoms with van der Waals surface area (Å²) in [5, 5.41) is 4.01. The quantitative estimate of drug-likeness (QED) is 0.678. The summed E-state index contributed by atoms with van der Waals surface area (Å²) < 4.78 is 0. The first kappa shape index (κ1) is 16.0. The van der Waals surface area contributed by atoms with Crippen LogP contribution in [0.3, 0.4) is 0 Å². The van der Waals surface area contributed by atoms with Crippen LogP contribution in [0.25, 0.3) is 0 Å². The van der Waals surface area contributed by atoms with Crippen LogP contribution >= 0.6 is 0 Å². The van der Waals surface area contributed by atoms with Crippen molar-refractivity contribution in [2.45, 2.75) is 32.6 Å². The molecule has 0 heterocycles. The average Bonchev–Trinajstić information content (AvgIpc) is 2.48. The third kappa shape index (κ3) is 4.85. The minimum atomic E-state index is -0.117. The van der Waals surface area contributed by atoms with Gasteiger partial charge in [-0.1, -0.05) is 75.4 Å². The molecule has 0 unspecified atom stereocenters. The van der Waals surface area contributed by atoms with E-state index < -0.39 is 0 Å². The summed E-state index contributed by atoms with van der Waals surface area (Å²) in [7, 11) is 0. The number of rotatable bonds is 4. The number of carbonyl (C=O) groups excluding carboxylic acids is 1. The van der Waals surface area contributed by atoms with Crippen molar-refractivity contribution in [3.05, 3.63) is 71.3 Å². The molecule has 0 bridgehead atoms. The molecule has 0 aliphatic carbocycles. The molecule has 114 valence electrons. The van der Waals surface area contributed by atoms with Crippen LogP contribution < -0.4 is 5.43 Å². The molecule has 2 rings (SSSR count). The Labute approximate surface area is 132 Å². The molecule has 1 amide bonds. The predicted molar refractivity (Wildman–Crippen MR) is 91.0 cm³/mol. The molecule has 0 saturated carbocycles. The molecule has 3 heteroatoms. The Morgan fingerprint density at radius 1 is 1.05 bits per heavy atom. The summed E-state index contributed by atoms with van der Waals surface area (Å²) in [6, 6.07) is 17.8. The number of hydrogen-bond acceptors (Lipinski definition) is 2. The van der Waals surface area contributed by atoms with E-state index in [4.69, 9.17) is 0 Å². The van der Waals surface area contributed by atoms with Gasteiger partial charge in [0.05, 0.1) is 12.6 Å². The second kappa shape index (κ2) is 7.03. The van der Waals surface area contributed by atoms with Crippen molar-refractivity contribution in [2.75, 3.05) is 0 Å². The Hall–Kier alpha value is -2.42. The van der Waals surface area contributed by atoms with Gasteiger partial charge in [-0.3, -0.25) is 4.79 Å². The van der Waals surface area contributed by atoms with E-state index in [0.717, 1.165) is 11.1 Å². The van der Waals surface area contributed by atoms with Crippen LogP contribution in [-0.4, -0.2) is 12.1 Å². The summed E-state index contributed by atoms with van der Waals surface area (Å²) in [5.41, 5.74) is 5.91. The number of nitrogens with one attached hydrogen (secondary N) is 1. The van der Waals surface area contributed by atoms with Gasteiger partial charge in [0.2, 0.25) is 5.91 Å². The van der Waals surface area contributed by atoms with Crippen LogP contribution in [0, 0.1) is 0 Å². The van der Waals surface area contributed by atoms with Crippen molar-refractivity contribution >= 4 is 12.1 Å². The lowest BCUT2D eigenvalue weighted by Crippen LogP contribution is -2.19. The lowest BCUT2D eigenvalue weighted by Gasteiger charge is -2.18. The Morgan fingerprint density at radius 3 is 2.27 bits per heavy atom. The molecule has 1 N–H and O–H groups in total. The molecule has 2 aromatic rings. The number of carbonyl (C=O) groups is 1. The number of hydrogen-bond donors (Lipinski definition) is 1. The standard InChI is InChI=1S/C19H22N2O/c1-19(2,3)17-11-9-16(10-12-17)14-20-21-18(22)13-15-7-5-4-6-8-15/h4-12,14H,13H2,1-3H3,(H,21,22)/b20-14-. The number of amides is 1. The van der Waals surface area contributed by atoms with Crippen LogP contribution in [0.5, 0.6) is 0 Å². The summed E-state index contributed by atoms with van der Waals surface area (Å²) in [5.74, 6) is -0.117. The second-order valence-electron chi connectivity index (χ2n) is 6.33. The fourth-order valence-electron chi connectivity index (χ4n) is 2.07. The van der Waals surface area contributed by atoms with E-state index in [9.17, 15) is 4.79 Å². The molecule has 3 nitrogen and oxygen atoms in total. The molecule has 22 heavy (non-hydrogen) atoms. The number of benzene rings is 2. The van der Waals surface area contributed by atoms with Gasteiger partial charge in [0, 0.05) is 0 Å². The average molecular weight is 294 g/mol. The molecular formula is C19H22N2O. The van der Waals surface area contributed by atoms with Gasteiger partial charge in [-0.15, -0.1) is 0 Å². The fraction of sp³-hybridized carbons (Fsp3) is 0.263. The molecule has 0 aromatic heterocycles. The van der Waals surface area contributed by atoms with Crippen molar-refractivity contribution in [1.29, 1.82) is 0 Å². The first-order valence-electron chi connectivity index (χ1n) is 7.41. The van der Waals surface area contributed by atoms with Crippen molar-refractivity contribution in [2.24, 2.45) is 5.10 Å². The van der Waals surface area contributed by atoms with Gasteiger partial charge in [0.1, 0.15) is 0 Å². The maximum absolute atomic E-state index is 11.8. The maximum Gasteiger partial charge on any atom is 0.244 e. The molecule has 0 fully saturated rings. The predicted octanol–water partition coefficient (Wildman–Crippen LogP) is 3.68. The largest absolute Gasteiger partial charge is 0.273 e. The molecule has 0 radical (unpaired) electrons. The van der Waals surface area contributed by atoms with Crippen LogP contribution in [-0.2, 0) is 16.6 Å². The minimum absolute atomic E-state index is 0.117. The van der Waals surface area contributed by atoms with Crippen LogP contribution in [0.1, 0.15) is 37.5 Å². The lowest BCUT2D eigenvalue weighted by molar-refractivity contribution is -0.120. The zero-order chi connectivity index (χ0) is 16.0. The molecule has 0 atom stereocenters. The Morgan fingerprint density at radius 2 is 1.68 bits per heavy atom. The fourth-order valence-corrected chi connectivity index (χ4v) is 2.07. The van der Waals surface area contributed by atoms with Crippen molar-refractivity contribution < 1.29 is 4.79 Å². The summed E-state index contributed by atoms with van der Waals surface area (Å²) in [4.78, 5) is 11.8. The van der Waals surface area contributed by atoms with E-state index in [1.54, 1.807) is 6.21 Å². The van der Waals surface area contributed by atoms with E-state index in [0.29, 0.717) is 6.42 Å². The third-order valence-electron chi connectivity index (χ3n) is 3.39. The summed E-state index contributed by atoms with van der Waals surface area (Å²) in [6.07, 6.45) is 2.00. The molecule has 2 aromatic carbocycles. The molecule has 0 saturated heterocycles. The Bertz CT molecular complexity index is 637. The second-order valence-corrected chi connectivity index (χ2v) is 6.33. The van der Waals surface area contributed by atoms with Crippen molar-refractivity contribution in [3.8, 4) is 0 Å². The first-order valence-corrected chi connectivity index (χ1v) is 7.41. The lowest BCUT2D eigenvalue weighted by atomic mass is 9.87. The van der Waals surface area contributed by atoms with E-state index in [1.807, 2.05) is 42.5 Å². The molecule has 0 aliphatic rings.